The molecule has 0 radical (unpaired) electrons. The van der Waals surface area contributed by atoms with Gasteiger partial charge in [-0.2, -0.15) is 0 Å². The Morgan fingerprint density at radius 3 is 2.70 bits per heavy atom. The molecule has 1 aliphatic rings. The number of amides is 2. The van der Waals surface area contributed by atoms with Gasteiger partial charge in [0.15, 0.2) is 0 Å². The lowest BCUT2D eigenvalue weighted by atomic mass is 10.3. The molecule has 106 valence electrons. The summed E-state index contributed by atoms with van der Waals surface area (Å²) in [6.07, 6.45) is 2.29. The summed E-state index contributed by atoms with van der Waals surface area (Å²) in [5.41, 5.74) is -0.160. The quantitative estimate of drug-likeness (QED) is 0.455. The predicted molar refractivity (Wildman–Crippen MR) is 66.9 cm³/mol. The third-order valence-electron chi connectivity index (χ3n) is 2.69. The molecule has 1 aromatic rings. The van der Waals surface area contributed by atoms with Crippen LogP contribution in [0.15, 0.2) is 18.5 Å². The number of nitro groups is 1. The molecule has 1 aliphatic heterocycles. The molecule has 1 fully saturated rings. The summed E-state index contributed by atoms with van der Waals surface area (Å²) >= 11 is 0. The van der Waals surface area contributed by atoms with E-state index in [4.69, 9.17) is 4.74 Å². The number of hydrogen-bond donors (Lipinski definition) is 1. The van der Waals surface area contributed by atoms with Crippen molar-refractivity contribution in [2.75, 3.05) is 31.6 Å². The summed E-state index contributed by atoms with van der Waals surface area (Å²) in [5, 5.41) is 12.9. The van der Waals surface area contributed by atoms with Crippen molar-refractivity contribution in [1.29, 1.82) is 0 Å². The molecule has 0 unspecified atom stereocenters. The van der Waals surface area contributed by atoms with Crippen LogP contribution in [0.1, 0.15) is 0 Å². The van der Waals surface area contributed by atoms with Crippen molar-refractivity contribution in [2.45, 2.75) is 0 Å². The van der Waals surface area contributed by atoms with Crippen LogP contribution in [-0.4, -0.2) is 52.9 Å². The fourth-order valence-electron chi connectivity index (χ4n) is 1.69. The number of hydrogen-bond acceptors (Lipinski definition) is 6. The van der Waals surface area contributed by atoms with E-state index in [1.165, 1.54) is 11.1 Å². The second kappa shape index (κ2) is 6.06. The fourth-order valence-corrected chi connectivity index (χ4v) is 1.69. The molecule has 0 saturated carbocycles. The van der Waals surface area contributed by atoms with Gasteiger partial charge in [-0.25, -0.2) is 0 Å². The molecule has 0 aliphatic carbocycles. The molecule has 9 nitrogen and oxygen atoms in total. The van der Waals surface area contributed by atoms with Gasteiger partial charge in [0.25, 0.3) is 5.69 Å². The lowest BCUT2D eigenvalue weighted by Gasteiger charge is -2.26. The topological polar surface area (TPSA) is 115 Å². The molecule has 2 amide bonds. The highest BCUT2D eigenvalue weighted by molar-refractivity contribution is 6.39. The standard InChI is InChI=1S/C11H12N4O5/c16-10(11(17)14-1-3-20-4-2-14)13-8-5-9(15(18)19)7-12-6-8/h5-7H,1-4H2,(H,13,16). The summed E-state index contributed by atoms with van der Waals surface area (Å²) in [4.78, 5) is 38.5. The van der Waals surface area contributed by atoms with Crippen molar-refractivity contribution < 1.29 is 19.2 Å². The Kier molecular flexibility index (Phi) is 4.20. The minimum atomic E-state index is -0.853. The van der Waals surface area contributed by atoms with Gasteiger partial charge in [-0.1, -0.05) is 0 Å². The number of nitrogens with zero attached hydrogens (tertiary/aromatic N) is 3. The molecule has 0 spiro atoms. The average molecular weight is 280 g/mol. The maximum atomic E-state index is 11.8. The Labute approximate surface area is 113 Å². The van der Waals surface area contributed by atoms with Crippen LogP contribution in [0.3, 0.4) is 0 Å². The molecule has 1 saturated heterocycles. The third-order valence-corrected chi connectivity index (χ3v) is 2.69. The third kappa shape index (κ3) is 3.26. The van der Waals surface area contributed by atoms with Crippen molar-refractivity contribution in [3.8, 4) is 0 Å². The number of carbonyl (C=O) groups excluding carboxylic acids is 2. The predicted octanol–water partition coefficient (Wildman–Crippen LogP) is -0.213. The van der Waals surface area contributed by atoms with E-state index in [9.17, 15) is 19.7 Å². The summed E-state index contributed by atoms with van der Waals surface area (Å²) in [6, 6.07) is 1.14. The zero-order valence-electron chi connectivity index (χ0n) is 10.4. The van der Waals surface area contributed by atoms with E-state index in [0.717, 1.165) is 12.3 Å². The van der Waals surface area contributed by atoms with E-state index in [0.29, 0.717) is 26.3 Å². The number of carbonyl (C=O) groups is 2. The first-order valence-corrected chi connectivity index (χ1v) is 5.85. The minimum Gasteiger partial charge on any atom is -0.378 e. The molecule has 20 heavy (non-hydrogen) atoms. The Morgan fingerprint density at radius 1 is 1.35 bits per heavy atom. The zero-order valence-corrected chi connectivity index (χ0v) is 10.4. The van der Waals surface area contributed by atoms with Gasteiger partial charge < -0.3 is 15.0 Å². The van der Waals surface area contributed by atoms with Crippen molar-refractivity contribution >= 4 is 23.2 Å². The van der Waals surface area contributed by atoms with Crippen molar-refractivity contribution in [1.82, 2.24) is 9.88 Å². The molecule has 2 heterocycles. The molecule has 0 aromatic carbocycles. The maximum absolute atomic E-state index is 11.8. The smallest absolute Gasteiger partial charge is 0.313 e. The lowest BCUT2D eigenvalue weighted by Crippen LogP contribution is -2.45. The van der Waals surface area contributed by atoms with Crippen LogP contribution in [0.2, 0.25) is 0 Å². The van der Waals surface area contributed by atoms with Gasteiger partial charge in [-0.15, -0.1) is 0 Å². The molecular weight excluding hydrogens is 268 g/mol. The largest absolute Gasteiger partial charge is 0.378 e. The maximum Gasteiger partial charge on any atom is 0.313 e. The lowest BCUT2D eigenvalue weighted by molar-refractivity contribution is -0.385. The number of ether oxygens (including phenoxy) is 1. The summed E-state index contributed by atoms with van der Waals surface area (Å²) < 4.78 is 5.08. The monoisotopic (exact) mass is 280 g/mol. The Bertz CT molecular complexity index is 541. The van der Waals surface area contributed by atoms with Gasteiger partial charge in [-0.3, -0.25) is 24.7 Å². The normalized spacial score (nSPS) is 14.7. The zero-order chi connectivity index (χ0) is 14.5. The van der Waals surface area contributed by atoms with Crippen LogP contribution in [-0.2, 0) is 14.3 Å². The highest BCUT2D eigenvalue weighted by Gasteiger charge is 2.24. The number of aromatic nitrogens is 1. The summed E-state index contributed by atoms with van der Waals surface area (Å²) in [6.45, 7) is 1.47. The molecule has 0 atom stereocenters. The minimum absolute atomic E-state index is 0.103. The van der Waals surface area contributed by atoms with E-state index in [1.54, 1.807) is 0 Å². The molecule has 1 aromatic heterocycles. The average Bonchev–Trinajstić information content (AvgIpc) is 2.47. The van der Waals surface area contributed by atoms with E-state index in [2.05, 4.69) is 10.3 Å². The number of morpholine rings is 1. The van der Waals surface area contributed by atoms with E-state index in [1.807, 2.05) is 0 Å². The van der Waals surface area contributed by atoms with Crippen LogP contribution < -0.4 is 5.32 Å². The molecule has 0 bridgehead atoms. The molecular formula is C11H12N4O5. The number of anilines is 1. The Balaban J connectivity index is 2.01. The fraction of sp³-hybridized carbons (Fsp3) is 0.364. The first kappa shape index (κ1) is 13.9. The highest BCUT2D eigenvalue weighted by Crippen LogP contribution is 2.15. The Hall–Kier alpha value is -2.55. The summed E-state index contributed by atoms with van der Waals surface area (Å²) in [7, 11) is 0. The van der Waals surface area contributed by atoms with Crippen LogP contribution in [0.5, 0.6) is 0 Å². The van der Waals surface area contributed by atoms with E-state index in [-0.39, 0.29) is 11.4 Å². The number of rotatable bonds is 2. The number of pyridine rings is 1. The van der Waals surface area contributed by atoms with Crippen LogP contribution >= 0.6 is 0 Å². The second-order valence-corrected chi connectivity index (χ2v) is 4.05. The van der Waals surface area contributed by atoms with Crippen molar-refractivity contribution in [2.24, 2.45) is 0 Å². The number of nitrogens with one attached hydrogen (secondary N) is 1. The van der Waals surface area contributed by atoms with Crippen LogP contribution in [0.25, 0.3) is 0 Å². The van der Waals surface area contributed by atoms with Crippen LogP contribution in [0, 0.1) is 10.1 Å². The molecule has 2 rings (SSSR count). The molecule has 1 N–H and O–H groups in total. The summed E-state index contributed by atoms with van der Waals surface area (Å²) in [5.74, 6) is -1.55. The highest BCUT2D eigenvalue weighted by atomic mass is 16.6. The first-order chi connectivity index (χ1) is 9.58. The van der Waals surface area contributed by atoms with E-state index >= 15 is 0 Å². The molecule has 9 heteroatoms. The first-order valence-electron chi connectivity index (χ1n) is 5.85. The van der Waals surface area contributed by atoms with Gasteiger partial charge >= 0.3 is 11.8 Å². The van der Waals surface area contributed by atoms with Crippen molar-refractivity contribution in [3.05, 3.63) is 28.6 Å². The second-order valence-electron chi connectivity index (χ2n) is 4.05. The van der Waals surface area contributed by atoms with Crippen LogP contribution in [0.4, 0.5) is 11.4 Å². The van der Waals surface area contributed by atoms with Gasteiger partial charge in [0.05, 0.1) is 30.0 Å². The van der Waals surface area contributed by atoms with Gasteiger partial charge in [-0.05, 0) is 0 Å². The van der Waals surface area contributed by atoms with E-state index < -0.39 is 16.7 Å². The van der Waals surface area contributed by atoms with Gasteiger partial charge in [0.1, 0.15) is 6.20 Å². The van der Waals surface area contributed by atoms with Gasteiger partial charge in [0.2, 0.25) is 0 Å². The SMILES string of the molecule is O=C(Nc1cncc([N+](=O)[O-])c1)C(=O)N1CCOCC1. The van der Waals surface area contributed by atoms with Gasteiger partial charge in [0, 0.05) is 19.2 Å². The van der Waals surface area contributed by atoms with Crippen molar-refractivity contribution in [3.63, 3.8) is 0 Å². The Morgan fingerprint density at radius 2 is 2.05 bits per heavy atom.